The number of hydrogen-bond donors (Lipinski definition) is 2. The molecule has 1 aromatic heterocycles. The van der Waals surface area contributed by atoms with Crippen molar-refractivity contribution in [1.29, 1.82) is 0 Å². The lowest BCUT2D eigenvalue weighted by Gasteiger charge is -2.41. The maximum atomic E-state index is 13.5. The zero-order valence-electron chi connectivity index (χ0n) is 18.4. The highest BCUT2D eigenvalue weighted by Gasteiger charge is 2.58. The van der Waals surface area contributed by atoms with Gasteiger partial charge in [0.1, 0.15) is 11.0 Å². The molecule has 6 nitrogen and oxygen atoms in total. The Morgan fingerprint density at radius 3 is 2.45 bits per heavy atom. The quantitative estimate of drug-likeness (QED) is 0.733. The van der Waals surface area contributed by atoms with Gasteiger partial charge in [0.2, 0.25) is 5.91 Å². The maximum absolute atomic E-state index is 13.5. The summed E-state index contributed by atoms with van der Waals surface area (Å²) < 4.78 is 40.5. The molecule has 3 aliphatic heterocycles. The molecule has 1 amide bonds. The van der Waals surface area contributed by atoms with Crippen LogP contribution in [0.25, 0.3) is 11.0 Å². The van der Waals surface area contributed by atoms with Gasteiger partial charge in [0.05, 0.1) is 17.2 Å². The molecule has 3 unspecified atom stereocenters. The number of fused-ring (bicyclic) bond motifs is 3. The molecule has 4 aliphatic rings. The normalized spacial score (nSPS) is 30.6. The first-order valence-corrected chi connectivity index (χ1v) is 11.9. The van der Waals surface area contributed by atoms with E-state index in [9.17, 15) is 18.0 Å². The van der Waals surface area contributed by atoms with Gasteiger partial charge in [-0.1, -0.05) is 6.42 Å². The van der Waals surface area contributed by atoms with Crippen molar-refractivity contribution in [3.05, 3.63) is 30.1 Å². The van der Waals surface area contributed by atoms with Crippen molar-refractivity contribution < 1.29 is 18.0 Å². The van der Waals surface area contributed by atoms with Crippen LogP contribution < -0.4 is 15.5 Å². The van der Waals surface area contributed by atoms with E-state index in [1.165, 1.54) is 37.7 Å². The third-order valence-electron chi connectivity index (χ3n) is 8.17. The summed E-state index contributed by atoms with van der Waals surface area (Å²) in [4.78, 5) is 23.7. The lowest BCUT2D eigenvalue weighted by Crippen LogP contribution is -2.55. The van der Waals surface area contributed by atoms with E-state index in [1.54, 1.807) is 0 Å². The van der Waals surface area contributed by atoms with Gasteiger partial charge >= 0.3 is 6.18 Å². The standard InChI is InChI=1S/C24H28F3N5O/c25-24(26,27)17-4-5-19(21-20(17)28-8-9-29-21)32-12-18(23(13-32)6-7-23)22(33)31-16-10-14-2-1-3-15(11-16)30-14/h4-5,8-9,14-16,18,30H,1-3,6-7,10-13H2,(H,31,33). The smallest absolute Gasteiger partial charge is 0.368 e. The van der Waals surface area contributed by atoms with Crippen LogP contribution in [0.4, 0.5) is 18.9 Å². The fraction of sp³-hybridized carbons (Fsp3) is 0.625. The molecule has 0 radical (unpaired) electrons. The van der Waals surface area contributed by atoms with Crippen molar-refractivity contribution in [3.63, 3.8) is 0 Å². The molecule has 1 aromatic carbocycles. The van der Waals surface area contributed by atoms with Crippen molar-refractivity contribution in [2.75, 3.05) is 18.0 Å². The maximum Gasteiger partial charge on any atom is 0.418 e. The summed E-state index contributed by atoms with van der Waals surface area (Å²) >= 11 is 0. The molecule has 1 saturated carbocycles. The number of nitrogens with zero attached hydrogens (tertiary/aromatic N) is 3. The number of anilines is 1. The van der Waals surface area contributed by atoms with Crippen molar-refractivity contribution >= 4 is 22.6 Å². The number of rotatable bonds is 3. The molecule has 1 spiro atoms. The molecule has 3 atom stereocenters. The predicted molar refractivity (Wildman–Crippen MR) is 118 cm³/mol. The van der Waals surface area contributed by atoms with Gasteiger partial charge in [-0.15, -0.1) is 0 Å². The van der Waals surface area contributed by atoms with E-state index in [0.29, 0.717) is 30.9 Å². The molecule has 2 N–H and O–H groups in total. The van der Waals surface area contributed by atoms with Crippen LogP contribution in [-0.2, 0) is 11.0 Å². The van der Waals surface area contributed by atoms with Gasteiger partial charge in [-0.2, -0.15) is 13.2 Å². The molecule has 9 heteroatoms. The minimum Gasteiger partial charge on any atom is -0.368 e. The van der Waals surface area contributed by atoms with Crippen molar-refractivity contribution in [3.8, 4) is 0 Å². The van der Waals surface area contributed by atoms with Crippen LogP contribution in [0.15, 0.2) is 24.5 Å². The third kappa shape index (κ3) is 3.74. The molecule has 2 bridgehead atoms. The van der Waals surface area contributed by atoms with Crippen LogP contribution in [0, 0.1) is 11.3 Å². The topological polar surface area (TPSA) is 70.2 Å². The molecule has 4 fully saturated rings. The van der Waals surface area contributed by atoms with E-state index in [1.807, 2.05) is 4.90 Å². The van der Waals surface area contributed by atoms with Gasteiger partial charge in [0.15, 0.2) is 0 Å². The molecule has 6 rings (SSSR count). The number of halogens is 3. The second-order valence-corrected chi connectivity index (χ2v) is 10.3. The Morgan fingerprint density at radius 1 is 1.09 bits per heavy atom. The number of carbonyl (C=O) groups excluding carboxylic acids is 1. The van der Waals surface area contributed by atoms with Crippen LogP contribution in [0.2, 0.25) is 0 Å². The summed E-state index contributed by atoms with van der Waals surface area (Å²) in [5.41, 5.74) is -0.120. The molecule has 3 saturated heterocycles. The zero-order chi connectivity index (χ0) is 22.8. The number of alkyl halides is 3. The van der Waals surface area contributed by atoms with Crippen LogP contribution in [-0.4, -0.2) is 47.1 Å². The van der Waals surface area contributed by atoms with Gasteiger partial charge in [0.25, 0.3) is 0 Å². The lowest BCUT2D eigenvalue weighted by atomic mass is 9.83. The van der Waals surface area contributed by atoms with Crippen molar-refractivity contribution in [2.24, 2.45) is 11.3 Å². The molecule has 1 aliphatic carbocycles. The van der Waals surface area contributed by atoms with E-state index in [0.717, 1.165) is 31.7 Å². The summed E-state index contributed by atoms with van der Waals surface area (Å²) in [5.74, 6) is -0.0523. The lowest BCUT2D eigenvalue weighted by molar-refractivity contribution is -0.136. The van der Waals surface area contributed by atoms with E-state index in [-0.39, 0.29) is 34.3 Å². The van der Waals surface area contributed by atoms with E-state index in [4.69, 9.17) is 0 Å². The Bertz CT molecular complexity index is 1070. The monoisotopic (exact) mass is 459 g/mol. The summed E-state index contributed by atoms with van der Waals surface area (Å²) in [7, 11) is 0. The van der Waals surface area contributed by atoms with Gasteiger partial charge < -0.3 is 15.5 Å². The average Bonchev–Trinajstić information content (AvgIpc) is 3.44. The Hall–Kier alpha value is -2.42. The SMILES string of the molecule is O=C(NC1CC2CCCC(C1)N2)C1CN(c2ccc(C(F)(F)F)c3nccnc23)CC12CC2. The predicted octanol–water partition coefficient (Wildman–Crippen LogP) is 3.65. The fourth-order valence-corrected chi connectivity index (χ4v) is 6.39. The first-order chi connectivity index (χ1) is 15.8. The number of carbonyl (C=O) groups is 1. The number of benzene rings is 1. The highest BCUT2D eigenvalue weighted by atomic mass is 19.4. The third-order valence-corrected chi connectivity index (χ3v) is 8.17. The molecule has 33 heavy (non-hydrogen) atoms. The minimum absolute atomic E-state index is 0.0793. The fourth-order valence-electron chi connectivity index (χ4n) is 6.39. The summed E-state index contributed by atoms with van der Waals surface area (Å²) in [6.45, 7) is 1.17. The van der Waals surface area contributed by atoms with E-state index < -0.39 is 11.7 Å². The molecular weight excluding hydrogens is 431 g/mol. The second-order valence-electron chi connectivity index (χ2n) is 10.3. The minimum atomic E-state index is -4.49. The van der Waals surface area contributed by atoms with Crippen LogP contribution >= 0.6 is 0 Å². The summed E-state index contributed by atoms with van der Waals surface area (Å²) in [5, 5.41) is 7.00. The van der Waals surface area contributed by atoms with Gasteiger partial charge in [-0.05, 0) is 50.7 Å². The van der Waals surface area contributed by atoms with Gasteiger partial charge in [0, 0.05) is 49.0 Å². The highest BCUT2D eigenvalue weighted by Crippen LogP contribution is 2.57. The number of aromatic nitrogens is 2. The zero-order valence-corrected chi connectivity index (χ0v) is 18.4. The molecule has 4 heterocycles. The first kappa shape index (κ1) is 21.1. The average molecular weight is 460 g/mol. The summed E-state index contributed by atoms with van der Waals surface area (Å²) in [6, 6.07) is 3.78. The summed E-state index contributed by atoms with van der Waals surface area (Å²) in [6.07, 6.45) is 5.73. The number of nitrogens with one attached hydrogen (secondary N) is 2. The molecule has 2 aromatic rings. The van der Waals surface area contributed by atoms with Crippen LogP contribution in [0.1, 0.15) is 50.5 Å². The van der Waals surface area contributed by atoms with Crippen molar-refractivity contribution in [2.45, 2.75) is 69.2 Å². The van der Waals surface area contributed by atoms with Gasteiger partial charge in [-0.3, -0.25) is 14.8 Å². The number of hydrogen-bond acceptors (Lipinski definition) is 5. The number of piperidine rings is 2. The van der Waals surface area contributed by atoms with Crippen LogP contribution in [0.5, 0.6) is 0 Å². The molecule has 176 valence electrons. The Labute approximate surface area is 190 Å². The van der Waals surface area contributed by atoms with E-state index in [2.05, 4.69) is 20.6 Å². The largest absolute Gasteiger partial charge is 0.418 e. The first-order valence-electron chi connectivity index (χ1n) is 11.9. The Morgan fingerprint density at radius 2 is 1.79 bits per heavy atom. The Kier molecular flexibility index (Phi) is 4.83. The molecular formula is C24H28F3N5O. The van der Waals surface area contributed by atoms with Gasteiger partial charge in [-0.25, -0.2) is 0 Å². The Balaban J connectivity index is 1.24. The second kappa shape index (κ2) is 7.55. The van der Waals surface area contributed by atoms with Crippen LogP contribution in [0.3, 0.4) is 0 Å². The number of amides is 1. The van der Waals surface area contributed by atoms with E-state index >= 15 is 0 Å². The van der Waals surface area contributed by atoms with Crippen molar-refractivity contribution in [1.82, 2.24) is 20.6 Å². The highest BCUT2D eigenvalue weighted by molar-refractivity contribution is 5.92.